The van der Waals surface area contributed by atoms with Crippen LogP contribution in [0.2, 0.25) is 0 Å². The monoisotopic (exact) mass is 311 g/mol. The van der Waals surface area contributed by atoms with Gasteiger partial charge in [-0.05, 0) is 42.9 Å². The molecule has 1 aliphatic heterocycles. The Balaban J connectivity index is 1.55. The van der Waals surface area contributed by atoms with Crippen LogP contribution in [0.4, 0.5) is 0 Å². The van der Waals surface area contributed by atoms with Crippen LogP contribution in [-0.2, 0) is 11.3 Å². The second-order valence-corrected chi connectivity index (χ2v) is 6.82. The molecular formula is C19H25N3O. The molecule has 1 aromatic rings. The van der Waals surface area contributed by atoms with Crippen molar-refractivity contribution >= 4 is 5.91 Å². The zero-order valence-electron chi connectivity index (χ0n) is 13.8. The molecule has 1 amide bonds. The quantitative estimate of drug-likeness (QED) is 0.909. The number of hydrogen-bond acceptors (Lipinski definition) is 3. The number of carbonyl (C=O) groups is 1. The molecule has 2 atom stereocenters. The fourth-order valence-electron chi connectivity index (χ4n) is 3.50. The molecule has 4 heteroatoms. The van der Waals surface area contributed by atoms with Crippen molar-refractivity contribution in [2.75, 3.05) is 13.1 Å². The van der Waals surface area contributed by atoms with Gasteiger partial charge < -0.3 is 10.2 Å². The van der Waals surface area contributed by atoms with Gasteiger partial charge in [-0.15, -0.1) is 0 Å². The van der Waals surface area contributed by atoms with Crippen LogP contribution in [0.1, 0.15) is 43.7 Å². The summed E-state index contributed by atoms with van der Waals surface area (Å²) in [4.78, 5) is 14.3. The van der Waals surface area contributed by atoms with Gasteiger partial charge in [0.15, 0.2) is 0 Å². The van der Waals surface area contributed by atoms with Crippen molar-refractivity contribution in [2.45, 2.75) is 45.2 Å². The van der Waals surface area contributed by atoms with Gasteiger partial charge in [-0.3, -0.25) is 4.79 Å². The highest BCUT2D eigenvalue weighted by atomic mass is 16.2. The summed E-state index contributed by atoms with van der Waals surface area (Å²) in [6.45, 7) is 4.76. The molecule has 0 radical (unpaired) electrons. The van der Waals surface area contributed by atoms with Crippen molar-refractivity contribution in [3.05, 3.63) is 35.4 Å². The molecule has 0 aromatic heterocycles. The van der Waals surface area contributed by atoms with Crippen LogP contribution in [0.5, 0.6) is 0 Å². The van der Waals surface area contributed by atoms with E-state index >= 15 is 0 Å². The third-order valence-corrected chi connectivity index (χ3v) is 5.12. The van der Waals surface area contributed by atoms with E-state index in [0.717, 1.165) is 50.9 Å². The SMILES string of the molecule is CC[C@H]1CN(C(=O)C2CC2)CC[C@H]1NCc1cccc(C#N)c1. The Kier molecular flexibility index (Phi) is 4.97. The van der Waals surface area contributed by atoms with Crippen LogP contribution in [0.15, 0.2) is 24.3 Å². The third kappa shape index (κ3) is 3.92. The van der Waals surface area contributed by atoms with Crippen molar-refractivity contribution in [3.63, 3.8) is 0 Å². The van der Waals surface area contributed by atoms with Gasteiger partial charge in [-0.25, -0.2) is 0 Å². The molecule has 0 bridgehead atoms. The maximum Gasteiger partial charge on any atom is 0.225 e. The molecule has 1 N–H and O–H groups in total. The van der Waals surface area contributed by atoms with Crippen molar-refractivity contribution in [2.24, 2.45) is 11.8 Å². The summed E-state index contributed by atoms with van der Waals surface area (Å²) in [5.74, 6) is 1.22. The lowest BCUT2D eigenvalue weighted by atomic mass is 9.89. The standard InChI is InChI=1S/C19H25N3O/c1-2-16-13-22(19(23)17-6-7-17)9-8-18(16)21-12-15-5-3-4-14(10-15)11-20/h3-5,10,16-18,21H,2,6-9,12-13H2,1H3/t16-,18+/m0/s1. The van der Waals surface area contributed by atoms with Gasteiger partial charge in [0, 0.05) is 31.6 Å². The molecule has 122 valence electrons. The van der Waals surface area contributed by atoms with Gasteiger partial charge in [0.2, 0.25) is 5.91 Å². The maximum atomic E-state index is 12.3. The molecule has 1 aliphatic carbocycles. The van der Waals surface area contributed by atoms with Crippen LogP contribution in [0, 0.1) is 23.2 Å². The van der Waals surface area contributed by atoms with Crippen LogP contribution in [-0.4, -0.2) is 29.9 Å². The Morgan fingerprint density at radius 2 is 2.22 bits per heavy atom. The number of nitriles is 1. The van der Waals surface area contributed by atoms with Crippen molar-refractivity contribution in [1.29, 1.82) is 5.26 Å². The number of carbonyl (C=O) groups excluding carboxylic acids is 1. The lowest BCUT2D eigenvalue weighted by Crippen LogP contribution is -2.51. The summed E-state index contributed by atoms with van der Waals surface area (Å²) in [7, 11) is 0. The lowest BCUT2D eigenvalue weighted by Gasteiger charge is -2.39. The first-order chi connectivity index (χ1) is 11.2. The highest BCUT2D eigenvalue weighted by Gasteiger charge is 2.37. The highest BCUT2D eigenvalue weighted by molar-refractivity contribution is 5.81. The van der Waals surface area contributed by atoms with E-state index in [4.69, 9.17) is 5.26 Å². The summed E-state index contributed by atoms with van der Waals surface area (Å²) in [5.41, 5.74) is 1.86. The summed E-state index contributed by atoms with van der Waals surface area (Å²) in [6.07, 6.45) is 4.28. The minimum absolute atomic E-state index is 0.325. The summed E-state index contributed by atoms with van der Waals surface area (Å²) in [6, 6.07) is 10.4. The van der Waals surface area contributed by atoms with Gasteiger partial charge in [-0.1, -0.05) is 25.5 Å². The molecule has 1 aromatic carbocycles. The predicted octanol–water partition coefficient (Wildman–Crippen LogP) is 2.68. The number of benzene rings is 1. The Bertz CT molecular complexity index is 603. The van der Waals surface area contributed by atoms with Crippen molar-refractivity contribution in [3.8, 4) is 6.07 Å². The molecular weight excluding hydrogens is 286 g/mol. The molecule has 1 saturated carbocycles. The van der Waals surface area contributed by atoms with Crippen LogP contribution >= 0.6 is 0 Å². The average Bonchev–Trinajstić information content (AvgIpc) is 3.44. The normalized spacial score (nSPS) is 24.3. The maximum absolute atomic E-state index is 12.3. The van der Waals surface area contributed by atoms with Gasteiger partial charge in [-0.2, -0.15) is 5.26 Å². The van der Waals surface area contributed by atoms with Gasteiger partial charge in [0.1, 0.15) is 0 Å². The molecule has 2 aliphatic rings. The van der Waals surface area contributed by atoms with Crippen molar-refractivity contribution in [1.82, 2.24) is 10.2 Å². The fraction of sp³-hybridized carbons (Fsp3) is 0.579. The number of likely N-dealkylation sites (tertiary alicyclic amines) is 1. The van der Waals surface area contributed by atoms with Gasteiger partial charge in [0.05, 0.1) is 11.6 Å². The molecule has 23 heavy (non-hydrogen) atoms. The van der Waals surface area contributed by atoms with Crippen LogP contribution < -0.4 is 5.32 Å². The summed E-state index contributed by atoms with van der Waals surface area (Å²) >= 11 is 0. The first-order valence-corrected chi connectivity index (χ1v) is 8.72. The number of rotatable bonds is 5. The van der Waals surface area contributed by atoms with Gasteiger partial charge in [0.25, 0.3) is 0 Å². The van der Waals surface area contributed by atoms with E-state index in [9.17, 15) is 4.79 Å². The van der Waals surface area contributed by atoms with E-state index in [-0.39, 0.29) is 0 Å². The highest BCUT2D eigenvalue weighted by Crippen LogP contribution is 2.33. The van der Waals surface area contributed by atoms with Crippen molar-refractivity contribution < 1.29 is 4.79 Å². The number of amides is 1. The Hall–Kier alpha value is -1.86. The summed E-state index contributed by atoms with van der Waals surface area (Å²) < 4.78 is 0. The minimum Gasteiger partial charge on any atom is -0.342 e. The largest absolute Gasteiger partial charge is 0.342 e. The molecule has 1 saturated heterocycles. The van der Waals surface area contributed by atoms with Crippen LogP contribution in [0.3, 0.4) is 0 Å². The lowest BCUT2D eigenvalue weighted by molar-refractivity contribution is -0.134. The number of piperidine rings is 1. The second kappa shape index (κ2) is 7.14. The van der Waals surface area contributed by atoms with Gasteiger partial charge >= 0.3 is 0 Å². The molecule has 1 heterocycles. The Morgan fingerprint density at radius 3 is 2.91 bits per heavy atom. The number of nitrogens with one attached hydrogen (secondary N) is 1. The summed E-state index contributed by atoms with van der Waals surface area (Å²) in [5, 5.41) is 12.6. The molecule has 0 unspecified atom stereocenters. The Morgan fingerprint density at radius 1 is 1.39 bits per heavy atom. The predicted molar refractivity (Wildman–Crippen MR) is 89.5 cm³/mol. The van der Waals surface area contributed by atoms with Crippen LogP contribution in [0.25, 0.3) is 0 Å². The molecule has 2 fully saturated rings. The minimum atomic E-state index is 0.325. The Labute approximate surface area is 138 Å². The zero-order chi connectivity index (χ0) is 16.2. The third-order valence-electron chi connectivity index (χ3n) is 5.12. The average molecular weight is 311 g/mol. The topological polar surface area (TPSA) is 56.1 Å². The second-order valence-electron chi connectivity index (χ2n) is 6.82. The van der Waals surface area contributed by atoms with E-state index in [1.807, 2.05) is 18.2 Å². The first kappa shape index (κ1) is 16.0. The smallest absolute Gasteiger partial charge is 0.225 e. The first-order valence-electron chi connectivity index (χ1n) is 8.72. The van der Waals surface area contributed by atoms with E-state index in [0.29, 0.717) is 29.3 Å². The zero-order valence-corrected chi connectivity index (χ0v) is 13.8. The number of nitrogens with zero attached hydrogens (tertiary/aromatic N) is 2. The molecule has 0 spiro atoms. The number of hydrogen-bond donors (Lipinski definition) is 1. The molecule has 3 rings (SSSR count). The molecule has 4 nitrogen and oxygen atoms in total. The van der Waals surface area contributed by atoms with E-state index in [1.165, 1.54) is 0 Å². The van der Waals surface area contributed by atoms with E-state index in [1.54, 1.807) is 0 Å². The van der Waals surface area contributed by atoms with E-state index in [2.05, 4.69) is 29.3 Å². The fourth-order valence-corrected chi connectivity index (χ4v) is 3.50. The van der Waals surface area contributed by atoms with E-state index < -0.39 is 0 Å².